The number of carbonyl (C=O) groups excluding carboxylic acids is 1. The van der Waals surface area contributed by atoms with Gasteiger partial charge in [-0.3, -0.25) is 9.59 Å². The van der Waals surface area contributed by atoms with E-state index in [4.69, 9.17) is 9.84 Å². The molecule has 1 aromatic rings. The minimum absolute atomic E-state index is 0.337. The van der Waals surface area contributed by atoms with Gasteiger partial charge in [-0.2, -0.15) is 0 Å². The molecule has 2 rings (SSSR count). The van der Waals surface area contributed by atoms with E-state index < -0.39 is 11.9 Å². The molecule has 0 spiro atoms. The van der Waals surface area contributed by atoms with Crippen molar-refractivity contribution in [2.75, 3.05) is 18.6 Å². The van der Waals surface area contributed by atoms with Crippen molar-refractivity contribution in [3.63, 3.8) is 0 Å². The molecule has 19 heavy (non-hydrogen) atoms. The fourth-order valence-electron chi connectivity index (χ4n) is 2.42. The van der Waals surface area contributed by atoms with E-state index in [0.29, 0.717) is 25.1 Å². The summed E-state index contributed by atoms with van der Waals surface area (Å²) in [7, 11) is 1.57. The van der Waals surface area contributed by atoms with Crippen LogP contribution in [0.1, 0.15) is 18.9 Å². The third-order valence-corrected chi connectivity index (χ3v) is 3.46. The zero-order valence-electron chi connectivity index (χ0n) is 11.0. The fraction of sp³-hybridized carbons (Fsp3) is 0.429. The lowest BCUT2D eigenvalue weighted by Gasteiger charge is -2.23. The van der Waals surface area contributed by atoms with Gasteiger partial charge >= 0.3 is 5.97 Å². The summed E-state index contributed by atoms with van der Waals surface area (Å²) >= 11 is 0. The largest absolute Gasteiger partial charge is 0.497 e. The van der Waals surface area contributed by atoms with Gasteiger partial charge in [0.05, 0.1) is 12.8 Å². The van der Waals surface area contributed by atoms with Crippen LogP contribution in [0.2, 0.25) is 0 Å². The van der Waals surface area contributed by atoms with E-state index in [9.17, 15) is 9.59 Å². The molecule has 0 aromatic heterocycles. The maximum atomic E-state index is 12.3. The summed E-state index contributed by atoms with van der Waals surface area (Å²) in [6, 6.07) is 5.52. The standard InChI is InChI=1S/C14H17NO4/c1-3-15-12-8-10(19-2)6-4-9(12)5-7-11(13(15)16)14(17)18/h4,6,8,11H,3,5,7H2,1-2H3,(H,17,18). The Hall–Kier alpha value is -2.04. The average Bonchev–Trinajstić information content (AvgIpc) is 2.53. The number of methoxy groups -OCH3 is 1. The Morgan fingerprint density at radius 1 is 1.53 bits per heavy atom. The second-order valence-electron chi connectivity index (χ2n) is 4.51. The molecule has 1 heterocycles. The molecule has 0 saturated heterocycles. The van der Waals surface area contributed by atoms with Crippen LogP contribution in [0.5, 0.6) is 5.75 Å². The topological polar surface area (TPSA) is 66.8 Å². The van der Waals surface area contributed by atoms with Crippen LogP contribution in [0, 0.1) is 5.92 Å². The lowest BCUT2D eigenvalue weighted by Crippen LogP contribution is -2.38. The molecule has 5 nitrogen and oxygen atoms in total. The SMILES string of the molecule is CCN1C(=O)C(C(=O)O)CCc2ccc(OC)cc21. The van der Waals surface area contributed by atoms with E-state index in [-0.39, 0.29) is 5.91 Å². The summed E-state index contributed by atoms with van der Waals surface area (Å²) in [5.41, 5.74) is 1.75. The van der Waals surface area contributed by atoms with Gasteiger partial charge in [0.15, 0.2) is 0 Å². The Labute approximate surface area is 111 Å². The number of carbonyl (C=O) groups is 2. The predicted molar refractivity (Wildman–Crippen MR) is 70.5 cm³/mol. The molecule has 1 amide bonds. The number of carboxylic acids is 1. The van der Waals surface area contributed by atoms with Crippen LogP contribution >= 0.6 is 0 Å². The number of ether oxygens (including phenoxy) is 1. The highest BCUT2D eigenvalue weighted by Gasteiger charge is 2.34. The van der Waals surface area contributed by atoms with Crippen LogP contribution in [-0.2, 0) is 16.0 Å². The quantitative estimate of drug-likeness (QED) is 0.843. The molecule has 1 N–H and O–H groups in total. The van der Waals surface area contributed by atoms with Crippen molar-refractivity contribution in [1.29, 1.82) is 0 Å². The second kappa shape index (κ2) is 5.30. The van der Waals surface area contributed by atoms with Gasteiger partial charge in [-0.05, 0) is 31.4 Å². The first-order valence-corrected chi connectivity index (χ1v) is 6.29. The minimum atomic E-state index is -1.05. The maximum absolute atomic E-state index is 12.3. The molecule has 5 heteroatoms. The Morgan fingerprint density at radius 2 is 2.26 bits per heavy atom. The zero-order chi connectivity index (χ0) is 14.0. The molecule has 0 fully saturated rings. The van der Waals surface area contributed by atoms with Crippen molar-refractivity contribution in [2.45, 2.75) is 19.8 Å². The van der Waals surface area contributed by atoms with Gasteiger partial charge in [0.25, 0.3) is 0 Å². The Kier molecular flexibility index (Phi) is 3.74. The zero-order valence-corrected chi connectivity index (χ0v) is 11.0. The van der Waals surface area contributed by atoms with Gasteiger partial charge in [-0.25, -0.2) is 0 Å². The molecule has 0 aliphatic carbocycles. The summed E-state index contributed by atoms with van der Waals surface area (Å²) in [5, 5.41) is 9.15. The normalized spacial score (nSPS) is 18.7. The first-order valence-electron chi connectivity index (χ1n) is 6.29. The lowest BCUT2D eigenvalue weighted by molar-refractivity contribution is -0.146. The van der Waals surface area contributed by atoms with Crippen molar-refractivity contribution < 1.29 is 19.4 Å². The van der Waals surface area contributed by atoms with E-state index in [1.807, 2.05) is 19.1 Å². The number of anilines is 1. The number of hydrogen-bond acceptors (Lipinski definition) is 3. The molecule has 0 radical (unpaired) electrons. The first-order chi connectivity index (χ1) is 9.08. The van der Waals surface area contributed by atoms with E-state index >= 15 is 0 Å². The highest BCUT2D eigenvalue weighted by atomic mass is 16.5. The van der Waals surface area contributed by atoms with Gasteiger partial charge in [0, 0.05) is 12.6 Å². The molecule has 0 saturated carbocycles. The molecule has 1 unspecified atom stereocenters. The van der Waals surface area contributed by atoms with Crippen LogP contribution < -0.4 is 9.64 Å². The summed E-state index contributed by atoms with van der Waals surface area (Å²) < 4.78 is 5.17. The number of hydrogen-bond donors (Lipinski definition) is 1. The van der Waals surface area contributed by atoms with Crippen LogP contribution in [0.4, 0.5) is 5.69 Å². The van der Waals surface area contributed by atoms with Crippen molar-refractivity contribution in [3.8, 4) is 5.75 Å². The minimum Gasteiger partial charge on any atom is -0.497 e. The van der Waals surface area contributed by atoms with E-state index in [1.54, 1.807) is 13.2 Å². The Balaban J connectivity index is 2.47. The molecule has 1 aliphatic heterocycles. The molecular weight excluding hydrogens is 246 g/mol. The second-order valence-corrected chi connectivity index (χ2v) is 4.51. The summed E-state index contributed by atoms with van der Waals surface area (Å²) in [6.45, 7) is 2.29. The average molecular weight is 263 g/mol. The van der Waals surface area contributed by atoms with Crippen molar-refractivity contribution in [3.05, 3.63) is 23.8 Å². The summed E-state index contributed by atoms with van der Waals surface area (Å²) in [6.07, 6.45) is 0.919. The van der Waals surface area contributed by atoms with Crippen LogP contribution in [0.3, 0.4) is 0 Å². The Bertz CT molecular complexity index is 512. The first kappa shape index (κ1) is 13.4. The monoisotopic (exact) mass is 263 g/mol. The predicted octanol–water partition coefficient (Wildman–Crippen LogP) is 1.70. The number of rotatable bonds is 3. The van der Waals surface area contributed by atoms with Gasteiger partial charge < -0.3 is 14.7 Å². The van der Waals surface area contributed by atoms with E-state index in [1.165, 1.54) is 4.90 Å². The smallest absolute Gasteiger partial charge is 0.316 e. The molecule has 1 atom stereocenters. The van der Waals surface area contributed by atoms with E-state index in [2.05, 4.69) is 0 Å². The number of aliphatic carboxylic acids is 1. The number of amides is 1. The fourth-order valence-corrected chi connectivity index (χ4v) is 2.42. The maximum Gasteiger partial charge on any atom is 0.316 e. The van der Waals surface area contributed by atoms with Crippen LogP contribution in [-0.4, -0.2) is 30.6 Å². The number of carboxylic acid groups (broad SMARTS) is 1. The number of aryl methyl sites for hydroxylation is 1. The third-order valence-electron chi connectivity index (χ3n) is 3.46. The highest BCUT2D eigenvalue weighted by molar-refractivity contribution is 6.06. The Morgan fingerprint density at radius 3 is 2.84 bits per heavy atom. The van der Waals surface area contributed by atoms with Crippen molar-refractivity contribution in [2.24, 2.45) is 5.92 Å². The van der Waals surface area contributed by atoms with Crippen LogP contribution in [0.25, 0.3) is 0 Å². The van der Waals surface area contributed by atoms with Gasteiger partial charge in [0.1, 0.15) is 11.7 Å². The van der Waals surface area contributed by atoms with E-state index in [0.717, 1.165) is 11.3 Å². The van der Waals surface area contributed by atoms with Gasteiger partial charge in [0.2, 0.25) is 5.91 Å². The molecular formula is C14H17NO4. The summed E-state index contributed by atoms with van der Waals surface area (Å²) in [5.74, 6) is -1.69. The van der Waals surface area contributed by atoms with Crippen molar-refractivity contribution in [1.82, 2.24) is 0 Å². The molecule has 0 bridgehead atoms. The van der Waals surface area contributed by atoms with Crippen molar-refractivity contribution >= 4 is 17.6 Å². The number of fused-ring (bicyclic) bond motifs is 1. The van der Waals surface area contributed by atoms with Gasteiger partial charge in [-0.15, -0.1) is 0 Å². The molecule has 1 aliphatic rings. The third kappa shape index (κ3) is 2.41. The molecule has 102 valence electrons. The molecule has 1 aromatic carbocycles. The number of benzene rings is 1. The lowest BCUT2D eigenvalue weighted by atomic mass is 10.0. The number of nitrogens with zero attached hydrogens (tertiary/aromatic N) is 1. The summed E-state index contributed by atoms with van der Waals surface area (Å²) in [4.78, 5) is 25.0. The van der Waals surface area contributed by atoms with Gasteiger partial charge in [-0.1, -0.05) is 6.07 Å². The highest BCUT2D eigenvalue weighted by Crippen LogP contribution is 2.32. The van der Waals surface area contributed by atoms with Crippen LogP contribution in [0.15, 0.2) is 18.2 Å².